The van der Waals surface area contributed by atoms with Gasteiger partial charge in [0.2, 0.25) is 11.8 Å². The average molecular weight is 335 g/mol. The van der Waals surface area contributed by atoms with Crippen LogP contribution in [-0.2, 0) is 9.59 Å². The van der Waals surface area contributed by atoms with Crippen LogP contribution in [0, 0.1) is 0 Å². The zero-order valence-corrected chi connectivity index (χ0v) is 13.4. The lowest BCUT2D eigenvalue weighted by Crippen LogP contribution is -2.54. The number of nitrogens with one attached hydrogen (secondary N) is 2. The number of benzene rings is 2. The Morgan fingerprint density at radius 2 is 1.68 bits per heavy atom. The van der Waals surface area contributed by atoms with Crippen molar-refractivity contribution in [2.45, 2.75) is 25.0 Å². The van der Waals surface area contributed by atoms with Gasteiger partial charge >= 0.3 is 0 Å². The number of piperidine rings is 1. The lowest BCUT2D eigenvalue weighted by atomic mass is 10.0. The highest BCUT2D eigenvalue weighted by Crippen LogP contribution is 2.37. The number of rotatable bonds is 3. The van der Waals surface area contributed by atoms with Gasteiger partial charge in [-0.2, -0.15) is 0 Å². The van der Waals surface area contributed by atoms with E-state index in [1.165, 1.54) is 0 Å². The standard InChI is InChI=1S/C19H17N3O3/c23-16-11-10-15(18(24)21-16)22-17(20-12-6-2-1-3-7-12)13-8-4-5-9-14(13)19(22)25/h1-9,15,17,20H,10-11H2,(H,21,23,24). The van der Waals surface area contributed by atoms with Gasteiger partial charge in [-0.05, 0) is 24.6 Å². The lowest BCUT2D eigenvalue weighted by Gasteiger charge is -2.35. The van der Waals surface area contributed by atoms with Crippen molar-refractivity contribution < 1.29 is 14.4 Å². The highest BCUT2D eigenvalue weighted by atomic mass is 16.2. The SMILES string of the molecule is O=C1CCC(N2C(=O)c3ccccc3C2Nc2ccccc2)C(=O)N1. The first-order valence-electron chi connectivity index (χ1n) is 8.22. The van der Waals surface area contributed by atoms with Crippen LogP contribution in [0.1, 0.15) is 34.9 Å². The number of imide groups is 1. The van der Waals surface area contributed by atoms with E-state index < -0.39 is 18.1 Å². The molecule has 2 aliphatic rings. The molecule has 2 aliphatic heterocycles. The molecule has 0 aliphatic carbocycles. The maximum atomic E-state index is 12.9. The maximum absolute atomic E-state index is 12.9. The van der Waals surface area contributed by atoms with Gasteiger partial charge in [0, 0.05) is 23.2 Å². The van der Waals surface area contributed by atoms with Crippen LogP contribution in [0.5, 0.6) is 0 Å². The van der Waals surface area contributed by atoms with Crippen LogP contribution in [0.3, 0.4) is 0 Å². The van der Waals surface area contributed by atoms with E-state index in [2.05, 4.69) is 10.6 Å². The predicted molar refractivity (Wildman–Crippen MR) is 91.6 cm³/mol. The van der Waals surface area contributed by atoms with Crippen molar-refractivity contribution in [2.24, 2.45) is 0 Å². The van der Waals surface area contributed by atoms with E-state index in [9.17, 15) is 14.4 Å². The molecule has 2 unspecified atom stereocenters. The summed E-state index contributed by atoms with van der Waals surface area (Å²) in [5, 5.41) is 5.69. The zero-order valence-electron chi connectivity index (χ0n) is 13.4. The Morgan fingerprint density at radius 1 is 0.960 bits per heavy atom. The fourth-order valence-electron chi connectivity index (χ4n) is 3.44. The third-order valence-corrected chi connectivity index (χ3v) is 4.62. The summed E-state index contributed by atoms with van der Waals surface area (Å²) < 4.78 is 0. The molecule has 25 heavy (non-hydrogen) atoms. The molecular formula is C19H17N3O3. The Hall–Kier alpha value is -3.15. The molecular weight excluding hydrogens is 318 g/mol. The molecule has 2 aromatic carbocycles. The van der Waals surface area contributed by atoms with Gasteiger partial charge in [-0.25, -0.2) is 0 Å². The van der Waals surface area contributed by atoms with E-state index in [0.29, 0.717) is 12.0 Å². The summed E-state index contributed by atoms with van der Waals surface area (Å²) in [5.41, 5.74) is 2.27. The van der Waals surface area contributed by atoms with Crippen molar-refractivity contribution >= 4 is 23.4 Å². The van der Waals surface area contributed by atoms with E-state index in [1.807, 2.05) is 48.5 Å². The predicted octanol–water partition coefficient (Wildman–Crippen LogP) is 2.06. The summed E-state index contributed by atoms with van der Waals surface area (Å²) in [6, 6.07) is 16.2. The number of para-hydroxylation sites is 1. The van der Waals surface area contributed by atoms with E-state index in [-0.39, 0.29) is 18.2 Å². The number of anilines is 1. The minimum atomic E-state index is -0.668. The fourth-order valence-corrected chi connectivity index (χ4v) is 3.44. The van der Waals surface area contributed by atoms with Gasteiger partial charge < -0.3 is 10.2 Å². The van der Waals surface area contributed by atoms with Crippen molar-refractivity contribution in [1.82, 2.24) is 10.2 Å². The topological polar surface area (TPSA) is 78.5 Å². The van der Waals surface area contributed by atoms with E-state index in [1.54, 1.807) is 11.0 Å². The van der Waals surface area contributed by atoms with Crippen LogP contribution in [0.15, 0.2) is 54.6 Å². The fraction of sp³-hybridized carbons (Fsp3) is 0.211. The number of hydrogen-bond donors (Lipinski definition) is 2. The first-order chi connectivity index (χ1) is 12.1. The quantitative estimate of drug-likeness (QED) is 0.842. The largest absolute Gasteiger partial charge is 0.361 e. The second-order valence-electron chi connectivity index (χ2n) is 6.18. The van der Waals surface area contributed by atoms with E-state index in [0.717, 1.165) is 11.3 Å². The Labute approximate surface area is 144 Å². The van der Waals surface area contributed by atoms with Crippen molar-refractivity contribution in [1.29, 1.82) is 0 Å². The van der Waals surface area contributed by atoms with Gasteiger partial charge in [-0.15, -0.1) is 0 Å². The summed E-state index contributed by atoms with van der Waals surface area (Å²) in [6.45, 7) is 0. The Kier molecular flexibility index (Phi) is 3.72. The molecule has 6 heteroatoms. The second kappa shape index (κ2) is 6.05. The van der Waals surface area contributed by atoms with Gasteiger partial charge in [0.15, 0.2) is 0 Å². The molecule has 1 saturated heterocycles. The molecule has 0 bridgehead atoms. The highest BCUT2D eigenvalue weighted by molar-refractivity contribution is 6.06. The minimum absolute atomic E-state index is 0.196. The van der Waals surface area contributed by atoms with Crippen LogP contribution >= 0.6 is 0 Å². The Morgan fingerprint density at radius 3 is 2.44 bits per heavy atom. The Balaban J connectivity index is 1.72. The summed E-state index contributed by atoms with van der Waals surface area (Å²) in [7, 11) is 0. The Bertz CT molecular complexity index is 850. The number of carbonyl (C=O) groups is 3. The first kappa shape index (κ1) is 15.4. The second-order valence-corrected chi connectivity index (χ2v) is 6.18. The number of hydrogen-bond acceptors (Lipinski definition) is 4. The van der Waals surface area contributed by atoms with Gasteiger partial charge in [0.05, 0.1) is 0 Å². The maximum Gasteiger partial charge on any atom is 0.256 e. The lowest BCUT2D eigenvalue weighted by molar-refractivity contribution is -0.137. The summed E-state index contributed by atoms with van der Waals surface area (Å²) in [5.74, 6) is -0.909. The van der Waals surface area contributed by atoms with Gasteiger partial charge in [0.25, 0.3) is 5.91 Å². The number of nitrogens with zero attached hydrogens (tertiary/aromatic N) is 1. The van der Waals surface area contributed by atoms with Crippen molar-refractivity contribution in [3.63, 3.8) is 0 Å². The zero-order chi connectivity index (χ0) is 17.4. The molecule has 2 atom stereocenters. The third kappa shape index (κ3) is 2.65. The smallest absolute Gasteiger partial charge is 0.256 e. The molecule has 2 aromatic rings. The van der Waals surface area contributed by atoms with Crippen LogP contribution < -0.4 is 10.6 Å². The highest BCUT2D eigenvalue weighted by Gasteiger charge is 2.44. The molecule has 4 rings (SSSR count). The van der Waals surface area contributed by atoms with Crippen LogP contribution in [0.25, 0.3) is 0 Å². The van der Waals surface area contributed by atoms with E-state index >= 15 is 0 Å². The summed E-state index contributed by atoms with van der Waals surface area (Å²) >= 11 is 0. The molecule has 0 saturated carbocycles. The molecule has 0 aromatic heterocycles. The molecule has 1 fully saturated rings. The third-order valence-electron chi connectivity index (χ3n) is 4.62. The van der Waals surface area contributed by atoms with Crippen molar-refractivity contribution in [3.05, 3.63) is 65.7 Å². The van der Waals surface area contributed by atoms with Gasteiger partial charge in [-0.1, -0.05) is 36.4 Å². The summed E-state index contributed by atoms with van der Waals surface area (Å²) in [6.07, 6.45) is 0.112. The normalized spacial score (nSPS) is 22.6. The number of carbonyl (C=O) groups excluding carboxylic acids is 3. The average Bonchev–Trinajstić information content (AvgIpc) is 2.89. The molecule has 0 spiro atoms. The number of amides is 3. The molecule has 2 heterocycles. The van der Waals surface area contributed by atoms with E-state index in [4.69, 9.17) is 0 Å². The van der Waals surface area contributed by atoms with Gasteiger partial charge in [-0.3, -0.25) is 19.7 Å². The molecule has 6 nitrogen and oxygen atoms in total. The first-order valence-corrected chi connectivity index (χ1v) is 8.22. The van der Waals surface area contributed by atoms with Gasteiger partial charge in [0.1, 0.15) is 12.2 Å². The van der Waals surface area contributed by atoms with Crippen LogP contribution in [0.4, 0.5) is 5.69 Å². The van der Waals surface area contributed by atoms with Crippen molar-refractivity contribution in [3.8, 4) is 0 Å². The molecule has 2 N–H and O–H groups in total. The summed E-state index contributed by atoms with van der Waals surface area (Å²) in [4.78, 5) is 38.3. The van der Waals surface area contributed by atoms with Crippen LogP contribution in [-0.4, -0.2) is 28.7 Å². The van der Waals surface area contributed by atoms with Crippen LogP contribution in [0.2, 0.25) is 0 Å². The van der Waals surface area contributed by atoms with Crippen molar-refractivity contribution in [2.75, 3.05) is 5.32 Å². The number of fused-ring (bicyclic) bond motifs is 1. The molecule has 126 valence electrons. The molecule has 0 radical (unpaired) electrons. The minimum Gasteiger partial charge on any atom is -0.361 e. The monoisotopic (exact) mass is 335 g/mol. The molecule has 3 amide bonds.